The average Bonchev–Trinajstić information content (AvgIpc) is 3.05. The summed E-state index contributed by atoms with van der Waals surface area (Å²) in [5, 5.41) is 3.87. The molecule has 140 valence electrons. The quantitative estimate of drug-likeness (QED) is 0.800. The van der Waals surface area contributed by atoms with Crippen molar-refractivity contribution in [2.24, 2.45) is 0 Å². The fourth-order valence-electron chi connectivity index (χ4n) is 2.70. The molecule has 0 bridgehead atoms. The van der Waals surface area contributed by atoms with Gasteiger partial charge in [-0.1, -0.05) is 19.0 Å². The Hall–Kier alpha value is -2.46. The topological polar surface area (TPSA) is 115 Å². The van der Waals surface area contributed by atoms with Gasteiger partial charge in [-0.05, 0) is 18.6 Å². The van der Waals surface area contributed by atoms with Crippen molar-refractivity contribution in [2.45, 2.75) is 38.6 Å². The number of ether oxygens (including phenoxy) is 1. The summed E-state index contributed by atoms with van der Waals surface area (Å²) in [5.74, 6) is 0.933. The van der Waals surface area contributed by atoms with E-state index in [-0.39, 0.29) is 30.5 Å². The molecule has 1 aromatic carbocycles. The van der Waals surface area contributed by atoms with Crippen LogP contribution >= 0.6 is 0 Å². The maximum Gasteiger partial charge on any atom is 0.265 e. The molecule has 0 aliphatic carbocycles. The number of hydrogen-bond acceptors (Lipinski definition) is 7. The summed E-state index contributed by atoms with van der Waals surface area (Å²) in [6.07, 6.45) is 0.603. The van der Waals surface area contributed by atoms with Gasteiger partial charge in [-0.3, -0.25) is 9.69 Å². The van der Waals surface area contributed by atoms with E-state index in [1.807, 2.05) is 6.92 Å². The van der Waals surface area contributed by atoms with Crippen molar-refractivity contribution in [3.05, 3.63) is 29.4 Å². The van der Waals surface area contributed by atoms with E-state index in [0.717, 1.165) is 0 Å². The van der Waals surface area contributed by atoms with Crippen LogP contribution in [0, 0.1) is 6.92 Å². The molecular formula is C16H20N4O5S. The summed E-state index contributed by atoms with van der Waals surface area (Å²) in [6.45, 7) is 5.49. The summed E-state index contributed by atoms with van der Waals surface area (Å²) >= 11 is 0. The molecule has 1 amide bonds. The predicted molar refractivity (Wildman–Crippen MR) is 92.4 cm³/mol. The van der Waals surface area contributed by atoms with E-state index >= 15 is 0 Å². The van der Waals surface area contributed by atoms with Gasteiger partial charge >= 0.3 is 0 Å². The van der Waals surface area contributed by atoms with Gasteiger partial charge in [0.15, 0.2) is 12.4 Å². The number of carbonyl (C=O) groups excluding carboxylic acids is 1. The number of rotatable bonds is 6. The molecule has 0 fully saturated rings. The predicted octanol–water partition coefficient (Wildman–Crippen LogP) is 1.16. The van der Waals surface area contributed by atoms with Crippen LogP contribution in [0.2, 0.25) is 0 Å². The lowest BCUT2D eigenvalue weighted by Crippen LogP contribution is -2.38. The highest BCUT2D eigenvalue weighted by Gasteiger charge is 2.30. The zero-order chi connectivity index (χ0) is 18.9. The van der Waals surface area contributed by atoms with Crippen LogP contribution in [0.5, 0.6) is 5.75 Å². The highest BCUT2D eigenvalue weighted by molar-refractivity contribution is 7.89. The minimum Gasteiger partial charge on any atom is -0.482 e. The molecule has 0 unspecified atom stereocenters. The summed E-state index contributed by atoms with van der Waals surface area (Å²) in [6, 6.07) is 3.06. The monoisotopic (exact) mass is 380 g/mol. The molecule has 9 nitrogen and oxygen atoms in total. The minimum absolute atomic E-state index is 0.122. The number of amides is 1. The van der Waals surface area contributed by atoms with E-state index < -0.39 is 10.0 Å². The van der Waals surface area contributed by atoms with Crippen molar-refractivity contribution in [1.82, 2.24) is 14.9 Å². The van der Waals surface area contributed by atoms with Gasteiger partial charge in [-0.2, -0.15) is 4.98 Å². The second kappa shape index (κ2) is 7.04. The molecule has 1 aliphatic rings. The van der Waals surface area contributed by atoms with Crippen LogP contribution in [-0.4, -0.2) is 37.6 Å². The molecule has 0 radical (unpaired) electrons. The van der Waals surface area contributed by atoms with Crippen molar-refractivity contribution in [3.8, 4) is 5.75 Å². The first-order valence-corrected chi connectivity index (χ1v) is 9.73. The maximum absolute atomic E-state index is 12.3. The second-order valence-electron chi connectivity index (χ2n) is 5.81. The Balaban J connectivity index is 1.99. The minimum atomic E-state index is -3.64. The van der Waals surface area contributed by atoms with Crippen molar-refractivity contribution in [3.63, 3.8) is 0 Å². The summed E-state index contributed by atoms with van der Waals surface area (Å²) in [7, 11) is -3.64. The maximum atomic E-state index is 12.3. The number of hydrogen-bond donors (Lipinski definition) is 1. The third-order valence-electron chi connectivity index (χ3n) is 3.94. The highest BCUT2D eigenvalue weighted by Crippen LogP contribution is 2.36. The normalized spacial score (nSPS) is 14.3. The number of carbonyl (C=O) groups is 1. The van der Waals surface area contributed by atoms with E-state index in [2.05, 4.69) is 14.9 Å². The Morgan fingerprint density at radius 2 is 2.08 bits per heavy atom. The molecule has 10 heteroatoms. The van der Waals surface area contributed by atoms with Gasteiger partial charge in [0.1, 0.15) is 5.75 Å². The molecule has 2 aromatic rings. The lowest BCUT2D eigenvalue weighted by atomic mass is 10.1. The Morgan fingerprint density at radius 1 is 1.31 bits per heavy atom. The summed E-state index contributed by atoms with van der Waals surface area (Å²) in [4.78, 5) is 18.1. The molecule has 2 heterocycles. The Labute approximate surface area is 151 Å². The molecule has 26 heavy (non-hydrogen) atoms. The van der Waals surface area contributed by atoms with Gasteiger partial charge in [0.2, 0.25) is 15.9 Å². The van der Waals surface area contributed by atoms with E-state index in [9.17, 15) is 13.2 Å². The van der Waals surface area contributed by atoms with Crippen molar-refractivity contribution in [2.75, 3.05) is 18.1 Å². The summed E-state index contributed by atoms with van der Waals surface area (Å²) < 4.78 is 37.6. The van der Waals surface area contributed by atoms with Gasteiger partial charge in [0, 0.05) is 19.0 Å². The third kappa shape index (κ3) is 3.42. The smallest absolute Gasteiger partial charge is 0.265 e. The fraction of sp³-hybridized carbons (Fsp3) is 0.438. The fourth-order valence-corrected chi connectivity index (χ4v) is 3.98. The number of sulfonamides is 1. The molecule has 0 atom stereocenters. The van der Waals surface area contributed by atoms with Crippen LogP contribution < -0.4 is 14.4 Å². The molecule has 3 rings (SSSR count). The zero-order valence-electron chi connectivity index (χ0n) is 14.8. The molecule has 1 aliphatic heterocycles. The third-order valence-corrected chi connectivity index (χ3v) is 5.62. The number of nitrogens with one attached hydrogen (secondary N) is 1. The SMILES string of the molecule is CCNS(=O)(=O)c1cc2c(cc1C)N(Cc1noc(CC)n1)C(=O)CO2. The molecule has 0 spiro atoms. The van der Waals surface area contributed by atoms with Gasteiger partial charge in [-0.15, -0.1) is 0 Å². The van der Waals surface area contributed by atoms with E-state index in [1.165, 1.54) is 11.0 Å². The number of nitrogens with zero attached hydrogens (tertiary/aromatic N) is 3. The van der Waals surface area contributed by atoms with E-state index in [1.54, 1.807) is 19.9 Å². The molecule has 0 saturated carbocycles. The van der Waals surface area contributed by atoms with Gasteiger partial charge < -0.3 is 9.26 Å². The lowest BCUT2D eigenvalue weighted by molar-refractivity contribution is -0.121. The first-order valence-electron chi connectivity index (χ1n) is 8.24. The van der Waals surface area contributed by atoms with Crippen LogP contribution in [0.25, 0.3) is 0 Å². The van der Waals surface area contributed by atoms with Crippen LogP contribution in [0.3, 0.4) is 0 Å². The molecule has 1 N–H and O–H groups in total. The van der Waals surface area contributed by atoms with E-state index in [0.29, 0.717) is 35.1 Å². The number of fused-ring (bicyclic) bond motifs is 1. The summed E-state index contributed by atoms with van der Waals surface area (Å²) in [5.41, 5.74) is 0.993. The zero-order valence-corrected chi connectivity index (χ0v) is 15.6. The number of benzene rings is 1. The molecule has 0 saturated heterocycles. The average molecular weight is 380 g/mol. The van der Waals surface area contributed by atoms with Crippen LogP contribution in [-0.2, 0) is 27.8 Å². The Morgan fingerprint density at radius 3 is 2.73 bits per heavy atom. The first-order chi connectivity index (χ1) is 12.4. The van der Waals surface area contributed by atoms with Crippen LogP contribution in [0.4, 0.5) is 5.69 Å². The number of anilines is 1. The molecular weight excluding hydrogens is 360 g/mol. The Bertz CT molecular complexity index is 938. The first kappa shape index (κ1) is 18.3. The largest absolute Gasteiger partial charge is 0.482 e. The highest BCUT2D eigenvalue weighted by atomic mass is 32.2. The lowest BCUT2D eigenvalue weighted by Gasteiger charge is -2.29. The molecule has 1 aromatic heterocycles. The van der Waals surface area contributed by atoms with Gasteiger partial charge in [0.05, 0.1) is 17.1 Å². The van der Waals surface area contributed by atoms with Crippen molar-refractivity contribution < 1.29 is 22.5 Å². The standard InChI is InChI=1S/C16H20N4O5S/c1-4-15-18-14(19-25-15)8-20-11-6-10(3)13(26(22,23)17-5-2)7-12(11)24-9-16(20)21/h6-7,17H,4-5,8-9H2,1-3H3. The van der Waals surface area contributed by atoms with Gasteiger partial charge in [0.25, 0.3) is 5.91 Å². The van der Waals surface area contributed by atoms with Crippen molar-refractivity contribution in [1.29, 1.82) is 0 Å². The second-order valence-corrected chi connectivity index (χ2v) is 7.55. The Kier molecular flexibility index (Phi) is 4.97. The van der Waals surface area contributed by atoms with Crippen molar-refractivity contribution >= 4 is 21.6 Å². The van der Waals surface area contributed by atoms with Crippen LogP contribution in [0.1, 0.15) is 31.1 Å². The number of aryl methyl sites for hydroxylation is 2. The van der Waals surface area contributed by atoms with Crippen LogP contribution in [0.15, 0.2) is 21.6 Å². The van der Waals surface area contributed by atoms with Gasteiger partial charge in [-0.25, -0.2) is 13.1 Å². The number of aromatic nitrogens is 2. The van der Waals surface area contributed by atoms with E-state index in [4.69, 9.17) is 9.26 Å².